The molecule has 0 fully saturated rings. The molecule has 168 valence electrons. The zero-order valence-electron chi connectivity index (χ0n) is 18.0. The van der Waals surface area contributed by atoms with Gasteiger partial charge in [0.25, 0.3) is 5.91 Å². The van der Waals surface area contributed by atoms with Crippen molar-refractivity contribution in [2.24, 2.45) is 4.99 Å². The normalized spacial score (nSPS) is 13.4. The Morgan fingerprint density at radius 2 is 1.61 bits per heavy atom. The molecule has 7 heteroatoms. The fraction of sp³-hybridized carbons (Fsp3) is 0.192. The van der Waals surface area contributed by atoms with Crippen molar-refractivity contribution < 1.29 is 14.7 Å². The summed E-state index contributed by atoms with van der Waals surface area (Å²) >= 11 is 6.03. The van der Waals surface area contributed by atoms with E-state index in [9.17, 15) is 14.7 Å². The summed E-state index contributed by atoms with van der Waals surface area (Å²) in [5.74, 6) is -0.563. The third-order valence-electron chi connectivity index (χ3n) is 5.51. The molecular weight excluding hydrogens is 438 g/mol. The van der Waals surface area contributed by atoms with Crippen LogP contribution in [0.5, 0.6) is 0 Å². The maximum atomic E-state index is 13.6. The van der Waals surface area contributed by atoms with E-state index < -0.39 is 5.97 Å². The molecule has 0 unspecified atom stereocenters. The van der Waals surface area contributed by atoms with Crippen molar-refractivity contribution in [1.82, 2.24) is 4.90 Å². The summed E-state index contributed by atoms with van der Waals surface area (Å²) in [7, 11) is 0. The summed E-state index contributed by atoms with van der Waals surface area (Å²) in [5, 5.41) is 9.79. The third-order valence-corrected chi connectivity index (χ3v) is 5.76. The summed E-state index contributed by atoms with van der Waals surface area (Å²) < 4.78 is 0. The smallest absolute Gasteiger partial charge is 0.335 e. The highest BCUT2D eigenvalue weighted by Gasteiger charge is 2.28. The standard InChI is InChI=1S/C26H24ClN3O3/c27-22-11-7-20(8-12-22)24(31)30(18-15-19-5-2-1-3-6-19)26-28-16-4-17-29(26)23-13-9-21(10-14-23)25(32)33/h1-3,5-14H,4,15-18H2,(H,32,33). The number of hydrogen-bond acceptors (Lipinski definition) is 4. The molecule has 0 aliphatic carbocycles. The highest BCUT2D eigenvalue weighted by molar-refractivity contribution is 6.30. The van der Waals surface area contributed by atoms with Crippen LogP contribution in [0, 0.1) is 0 Å². The molecule has 0 bridgehead atoms. The number of carbonyl (C=O) groups excluding carboxylic acids is 1. The Bertz CT molecular complexity index is 1150. The van der Waals surface area contributed by atoms with Crippen LogP contribution < -0.4 is 4.90 Å². The topological polar surface area (TPSA) is 73.2 Å². The van der Waals surface area contributed by atoms with Gasteiger partial charge in [-0.05, 0) is 66.9 Å². The number of amides is 1. The van der Waals surface area contributed by atoms with Gasteiger partial charge in [0.2, 0.25) is 5.96 Å². The summed E-state index contributed by atoms with van der Waals surface area (Å²) in [4.78, 5) is 33.3. The zero-order valence-corrected chi connectivity index (χ0v) is 18.8. The number of carboxylic acid groups (broad SMARTS) is 1. The second-order valence-electron chi connectivity index (χ2n) is 7.74. The van der Waals surface area contributed by atoms with Crippen molar-refractivity contribution in [2.45, 2.75) is 12.8 Å². The zero-order chi connectivity index (χ0) is 23.2. The molecule has 0 saturated carbocycles. The summed E-state index contributed by atoms with van der Waals surface area (Å²) in [5.41, 5.74) is 2.67. The maximum Gasteiger partial charge on any atom is 0.335 e. The number of halogens is 1. The number of hydrogen-bond donors (Lipinski definition) is 1. The minimum absolute atomic E-state index is 0.157. The van der Waals surface area contributed by atoms with Gasteiger partial charge in [0.15, 0.2) is 0 Å². The minimum Gasteiger partial charge on any atom is -0.478 e. The summed E-state index contributed by atoms with van der Waals surface area (Å²) in [6.07, 6.45) is 1.51. The van der Waals surface area contributed by atoms with Crippen LogP contribution in [0.1, 0.15) is 32.7 Å². The Kier molecular flexibility index (Phi) is 7.05. The van der Waals surface area contributed by atoms with E-state index in [2.05, 4.69) is 0 Å². The van der Waals surface area contributed by atoms with Crippen molar-refractivity contribution >= 4 is 35.1 Å². The van der Waals surface area contributed by atoms with E-state index in [0.29, 0.717) is 42.6 Å². The first-order valence-electron chi connectivity index (χ1n) is 10.8. The number of aliphatic imine (C=N–C) groups is 1. The molecule has 0 radical (unpaired) electrons. The van der Waals surface area contributed by atoms with Crippen molar-refractivity contribution in [3.05, 3.63) is 101 Å². The lowest BCUT2D eigenvalue weighted by molar-refractivity contribution is 0.0696. The molecule has 33 heavy (non-hydrogen) atoms. The first-order chi connectivity index (χ1) is 16.0. The summed E-state index contributed by atoms with van der Waals surface area (Å²) in [6, 6.07) is 23.5. The number of carbonyl (C=O) groups is 2. The molecule has 1 amide bonds. The fourth-order valence-corrected chi connectivity index (χ4v) is 3.91. The second-order valence-corrected chi connectivity index (χ2v) is 8.17. The number of carboxylic acids is 1. The van der Waals surface area contributed by atoms with Crippen molar-refractivity contribution in [2.75, 3.05) is 24.5 Å². The quantitative estimate of drug-likeness (QED) is 0.561. The lowest BCUT2D eigenvalue weighted by atomic mass is 10.1. The Morgan fingerprint density at radius 1 is 0.939 bits per heavy atom. The van der Waals surface area contributed by atoms with E-state index in [1.165, 1.54) is 0 Å². The van der Waals surface area contributed by atoms with Gasteiger partial charge in [0, 0.05) is 35.9 Å². The van der Waals surface area contributed by atoms with Gasteiger partial charge in [-0.15, -0.1) is 0 Å². The van der Waals surface area contributed by atoms with Crippen LogP contribution in [0.2, 0.25) is 5.02 Å². The van der Waals surface area contributed by atoms with E-state index in [1.807, 2.05) is 35.2 Å². The molecule has 0 spiro atoms. The Morgan fingerprint density at radius 3 is 2.27 bits per heavy atom. The van der Waals surface area contributed by atoms with Crippen LogP contribution in [0.3, 0.4) is 0 Å². The van der Waals surface area contributed by atoms with Crippen molar-refractivity contribution in [1.29, 1.82) is 0 Å². The Labute approximate surface area is 197 Å². The van der Waals surface area contributed by atoms with E-state index >= 15 is 0 Å². The molecule has 4 rings (SSSR count). The number of benzene rings is 3. The van der Waals surface area contributed by atoms with E-state index in [4.69, 9.17) is 16.6 Å². The van der Waals surface area contributed by atoms with Crippen LogP contribution >= 0.6 is 11.6 Å². The molecule has 0 saturated heterocycles. The van der Waals surface area contributed by atoms with Gasteiger partial charge in [-0.3, -0.25) is 14.7 Å². The highest BCUT2D eigenvalue weighted by Crippen LogP contribution is 2.22. The van der Waals surface area contributed by atoms with Crippen LogP contribution in [0.4, 0.5) is 5.69 Å². The minimum atomic E-state index is -0.975. The van der Waals surface area contributed by atoms with Crippen LogP contribution in [0.15, 0.2) is 83.9 Å². The third kappa shape index (κ3) is 5.41. The molecule has 1 aliphatic heterocycles. The van der Waals surface area contributed by atoms with Gasteiger partial charge in [0.1, 0.15) is 0 Å². The largest absolute Gasteiger partial charge is 0.478 e. The van der Waals surface area contributed by atoms with Gasteiger partial charge in [0.05, 0.1) is 5.56 Å². The highest BCUT2D eigenvalue weighted by atomic mass is 35.5. The predicted molar refractivity (Wildman–Crippen MR) is 130 cm³/mol. The number of aromatic carboxylic acids is 1. The van der Waals surface area contributed by atoms with E-state index in [1.54, 1.807) is 53.4 Å². The fourth-order valence-electron chi connectivity index (χ4n) is 3.78. The molecule has 1 aliphatic rings. The molecule has 0 atom stereocenters. The molecule has 1 heterocycles. The number of anilines is 1. The molecule has 6 nitrogen and oxygen atoms in total. The van der Waals surface area contributed by atoms with Crippen molar-refractivity contribution in [3.8, 4) is 0 Å². The first kappa shape index (κ1) is 22.6. The number of guanidine groups is 1. The lowest BCUT2D eigenvalue weighted by Gasteiger charge is -2.36. The Balaban J connectivity index is 1.67. The number of nitrogens with zero attached hydrogens (tertiary/aromatic N) is 3. The van der Waals surface area contributed by atoms with E-state index in [0.717, 1.165) is 17.7 Å². The molecule has 3 aromatic rings. The van der Waals surface area contributed by atoms with Crippen LogP contribution in [0.25, 0.3) is 0 Å². The van der Waals surface area contributed by atoms with Gasteiger partial charge < -0.3 is 10.0 Å². The SMILES string of the molecule is O=C(O)c1ccc(N2CCCN=C2N(CCc2ccccc2)C(=O)c2ccc(Cl)cc2)cc1. The van der Waals surface area contributed by atoms with Crippen LogP contribution in [-0.2, 0) is 6.42 Å². The molecular formula is C26H24ClN3O3. The van der Waals surface area contributed by atoms with Crippen molar-refractivity contribution in [3.63, 3.8) is 0 Å². The maximum absolute atomic E-state index is 13.6. The Hall–Kier alpha value is -3.64. The average molecular weight is 462 g/mol. The van der Waals surface area contributed by atoms with Crippen LogP contribution in [-0.4, -0.2) is 47.5 Å². The predicted octanol–water partition coefficient (Wildman–Crippen LogP) is 4.99. The molecule has 0 aromatic heterocycles. The van der Waals surface area contributed by atoms with E-state index in [-0.39, 0.29) is 11.5 Å². The second kappa shape index (κ2) is 10.3. The molecule has 3 aromatic carbocycles. The van der Waals surface area contributed by atoms with Gasteiger partial charge >= 0.3 is 5.97 Å². The lowest BCUT2D eigenvalue weighted by Crippen LogP contribution is -2.50. The monoisotopic (exact) mass is 461 g/mol. The van der Waals surface area contributed by atoms with Gasteiger partial charge in [-0.25, -0.2) is 4.79 Å². The van der Waals surface area contributed by atoms with Gasteiger partial charge in [-0.1, -0.05) is 41.9 Å². The van der Waals surface area contributed by atoms with Gasteiger partial charge in [-0.2, -0.15) is 0 Å². The summed E-state index contributed by atoms with van der Waals surface area (Å²) in [6.45, 7) is 1.75. The average Bonchev–Trinajstić information content (AvgIpc) is 2.85. The number of rotatable bonds is 6. The molecule has 1 N–H and O–H groups in total. The first-order valence-corrected chi connectivity index (χ1v) is 11.2.